The molecule has 1 fully saturated rings. The first-order chi connectivity index (χ1) is 7.76. The Bertz CT molecular complexity index is 383. The molecule has 86 valence electrons. The van der Waals surface area contributed by atoms with E-state index < -0.39 is 0 Å². The lowest BCUT2D eigenvalue weighted by Gasteiger charge is -2.22. The largest absolute Gasteiger partial charge is 0.409 e. The molecule has 0 amide bonds. The van der Waals surface area contributed by atoms with Gasteiger partial charge in [-0.15, -0.1) is 0 Å². The van der Waals surface area contributed by atoms with Crippen molar-refractivity contribution in [3.8, 4) is 0 Å². The van der Waals surface area contributed by atoms with Crippen molar-refractivity contribution >= 4 is 11.5 Å². The Balaban J connectivity index is 2.17. The fourth-order valence-corrected chi connectivity index (χ4v) is 1.80. The second-order valence-electron chi connectivity index (χ2n) is 3.90. The summed E-state index contributed by atoms with van der Waals surface area (Å²) in [6.07, 6.45) is 4.29. The van der Waals surface area contributed by atoms with Gasteiger partial charge in [-0.25, -0.2) is 0 Å². The van der Waals surface area contributed by atoms with Crippen LogP contribution in [-0.4, -0.2) is 28.6 Å². The monoisotopic (exact) mass is 220 g/mol. The zero-order chi connectivity index (χ0) is 11.5. The number of hydrogen-bond donors (Lipinski definition) is 2. The molecule has 1 aromatic rings. The lowest BCUT2D eigenvalue weighted by Crippen LogP contribution is -2.25. The summed E-state index contributed by atoms with van der Waals surface area (Å²) in [4.78, 5) is 6.49. The molecule has 0 unspecified atom stereocenters. The SMILES string of the molecule is CCN(c1ccc(/C(N)=N/O)nc1)C1CC1. The molecule has 2 rings (SSSR count). The predicted molar refractivity (Wildman–Crippen MR) is 62.8 cm³/mol. The summed E-state index contributed by atoms with van der Waals surface area (Å²) >= 11 is 0. The number of hydrogen-bond acceptors (Lipinski definition) is 4. The predicted octanol–water partition coefficient (Wildman–Crippen LogP) is 1.16. The van der Waals surface area contributed by atoms with Crippen LogP contribution in [0.1, 0.15) is 25.5 Å². The lowest BCUT2D eigenvalue weighted by molar-refractivity contribution is 0.318. The third kappa shape index (κ3) is 2.08. The highest BCUT2D eigenvalue weighted by atomic mass is 16.4. The molecule has 5 heteroatoms. The molecule has 0 aromatic carbocycles. The van der Waals surface area contributed by atoms with E-state index in [9.17, 15) is 0 Å². The lowest BCUT2D eigenvalue weighted by atomic mass is 10.3. The van der Waals surface area contributed by atoms with Gasteiger partial charge in [-0.05, 0) is 31.9 Å². The Morgan fingerprint density at radius 3 is 2.81 bits per heavy atom. The molecule has 1 heterocycles. The third-order valence-electron chi connectivity index (χ3n) is 2.78. The average molecular weight is 220 g/mol. The van der Waals surface area contributed by atoms with Gasteiger partial charge in [0.05, 0.1) is 11.9 Å². The van der Waals surface area contributed by atoms with E-state index in [4.69, 9.17) is 10.9 Å². The zero-order valence-corrected chi connectivity index (χ0v) is 9.30. The van der Waals surface area contributed by atoms with Crippen LogP contribution in [-0.2, 0) is 0 Å². The highest BCUT2D eigenvalue weighted by Gasteiger charge is 2.28. The summed E-state index contributed by atoms with van der Waals surface area (Å²) in [6, 6.07) is 4.40. The van der Waals surface area contributed by atoms with Gasteiger partial charge < -0.3 is 15.8 Å². The standard InChI is InChI=1S/C11H16N4O/c1-2-15(8-3-4-8)9-5-6-10(13-7-9)11(12)14-16/h5-8,16H,2-4H2,1H3,(H2,12,14). The van der Waals surface area contributed by atoms with Crippen LogP contribution >= 0.6 is 0 Å². The summed E-state index contributed by atoms with van der Waals surface area (Å²) in [5, 5.41) is 11.4. The molecule has 1 saturated carbocycles. The fraction of sp³-hybridized carbons (Fsp3) is 0.455. The van der Waals surface area contributed by atoms with Crippen LogP contribution in [0, 0.1) is 0 Å². The van der Waals surface area contributed by atoms with Crippen LogP contribution in [0.2, 0.25) is 0 Å². The molecule has 1 aliphatic rings. The minimum Gasteiger partial charge on any atom is -0.409 e. The molecule has 0 atom stereocenters. The second kappa shape index (κ2) is 4.38. The van der Waals surface area contributed by atoms with Gasteiger partial charge >= 0.3 is 0 Å². The van der Waals surface area contributed by atoms with E-state index in [1.807, 2.05) is 6.07 Å². The molecule has 5 nitrogen and oxygen atoms in total. The van der Waals surface area contributed by atoms with Crippen molar-refractivity contribution < 1.29 is 5.21 Å². The molecule has 3 N–H and O–H groups in total. The van der Waals surface area contributed by atoms with E-state index >= 15 is 0 Å². The Kier molecular flexibility index (Phi) is 2.94. The van der Waals surface area contributed by atoms with Crippen LogP contribution in [0.5, 0.6) is 0 Å². The number of rotatable bonds is 4. The molecule has 0 aliphatic heterocycles. The summed E-state index contributed by atoms with van der Waals surface area (Å²) in [7, 11) is 0. The van der Waals surface area contributed by atoms with Crippen molar-refractivity contribution in [2.24, 2.45) is 10.9 Å². The first kappa shape index (κ1) is 10.7. The van der Waals surface area contributed by atoms with Gasteiger partial charge in [0, 0.05) is 12.6 Å². The number of nitrogens with two attached hydrogens (primary N) is 1. The average Bonchev–Trinajstić information content (AvgIpc) is 3.14. The highest BCUT2D eigenvalue weighted by molar-refractivity contribution is 5.95. The van der Waals surface area contributed by atoms with E-state index in [2.05, 4.69) is 22.0 Å². The van der Waals surface area contributed by atoms with Crippen LogP contribution in [0.4, 0.5) is 5.69 Å². The molecular weight excluding hydrogens is 204 g/mol. The first-order valence-corrected chi connectivity index (χ1v) is 5.47. The number of oxime groups is 1. The highest BCUT2D eigenvalue weighted by Crippen LogP contribution is 2.30. The quantitative estimate of drug-likeness (QED) is 0.345. The normalized spacial score (nSPS) is 16.2. The van der Waals surface area contributed by atoms with Crippen LogP contribution < -0.4 is 10.6 Å². The Hall–Kier alpha value is -1.78. The molecule has 16 heavy (non-hydrogen) atoms. The molecule has 0 spiro atoms. The van der Waals surface area contributed by atoms with E-state index in [1.165, 1.54) is 12.8 Å². The van der Waals surface area contributed by atoms with Crippen molar-refractivity contribution in [1.82, 2.24) is 4.98 Å². The van der Waals surface area contributed by atoms with Crippen molar-refractivity contribution in [2.75, 3.05) is 11.4 Å². The Morgan fingerprint density at radius 2 is 2.38 bits per heavy atom. The van der Waals surface area contributed by atoms with Gasteiger partial charge in [-0.3, -0.25) is 4.98 Å². The Morgan fingerprint density at radius 1 is 1.62 bits per heavy atom. The van der Waals surface area contributed by atoms with E-state index in [-0.39, 0.29) is 5.84 Å². The van der Waals surface area contributed by atoms with E-state index in [0.29, 0.717) is 11.7 Å². The molecule has 1 aliphatic carbocycles. The minimum absolute atomic E-state index is 0.0426. The number of pyridine rings is 1. The molecule has 0 radical (unpaired) electrons. The van der Waals surface area contributed by atoms with Crippen molar-refractivity contribution in [2.45, 2.75) is 25.8 Å². The molecular formula is C11H16N4O. The maximum atomic E-state index is 8.52. The summed E-state index contributed by atoms with van der Waals surface area (Å²) in [5.41, 5.74) is 7.04. The first-order valence-electron chi connectivity index (χ1n) is 5.47. The summed E-state index contributed by atoms with van der Waals surface area (Å²) in [5.74, 6) is 0.0426. The minimum atomic E-state index is 0.0426. The third-order valence-corrected chi connectivity index (χ3v) is 2.78. The second-order valence-corrected chi connectivity index (χ2v) is 3.90. The summed E-state index contributed by atoms with van der Waals surface area (Å²) in [6.45, 7) is 3.12. The summed E-state index contributed by atoms with van der Waals surface area (Å²) < 4.78 is 0. The fourth-order valence-electron chi connectivity index (χ4n) is 1.80. The van der Waals surface area contributed by atoms with Gasteiger partial charge in [-0.2, -0.15) is 0 Å². The molecule has 0 bridgehead atoms. The number of amidine groups is 1. The van der Waals surface area contributed by atoms with Crippen LogP contribution in [0.25, 0.3) is 0 Å². The van der Waals surface area contributed by atoms with Crippen LogP contribution in [0.15, 0.2) is 23.5 Å². The number of nitrogens with zero attached hydrogens (tertiary/aromatic N) is 3. The van der Waals surface area contributed by atoms with Crippen molar-refractivity contribution in [3.05, 3.63) is 24.0 Å². The zero-order valence-electron chi connectivity index (χ0n) is 9.30. The maximum absolute atomic E-state index is 8.52. The number of anilines is 1. The van der Waals surface area contributed by atoms with E-state index in [1.54, 1.807) is 12.3 Å². The van der Waals surface area contributed by atoms with Crippen LogP contribution in [0.3, 0.4) is 0 Å². The van der Waals surface area contributed by atoms with Gasteiger partial charge in [0.15, 0.2) is 5.84 Å². The van der Waals surface area contributed by atoms with E-state index in [0.717, 1.165) is 12.2 Å². The topological polar surface area (TPSA) is 74.7 Å². The maximum Gasteiger partial charge on any atom is 0.188 e. The van der Waals surface area contributed by atoms with Gasteiger partial charge in [0.25, 0.3) is 0 Å². The van der Waals surface area contributed by atoms with Crippen molar-refractivity contribution in [3.63, 3.8) is 0 Å². The smallest absolute Gasteiger partial charge is 0.188 e. The number of aromatic nitrogens is 1. The van der Waals surface area contributed by atoms with Gasteiger partial charge in [-0.1, -0.05) is 5.16 Å². The Labute approximate surface area is 94.6 Å². The van der Waals surface area contributed by atoms with Gasteiger partial charge in [0.1, 0.15) is 5.69 Å². The van der Waals surface area contributed by atoms with Gasteiger partial charge in [0.2, 0.25) is 0 Å². The van der Waals surface area contributed by atoms with Crippen molar-refractivity contribution in [1.29, 1.82) is 0 Å². The molecule has 1 aromatic heterocycles. The molecule has 0 saturated heterocycles.